The van der Waals surface area contributed by atoms with Crippen LogP contribution < -0.4 is 20.1 Å². The van der Waals surface area contributed by atoms with Crippen molar-refractivity contribution in [3.8, 4) is 11.5 Å². The number of rotatable bonds is 10. The first-order valence-electron chi connectivity index (χ1n) is 15.7. The van der Waals surface area contributed by atoms with E-state index in [1.165, 1.54) is 0 Å². The minimum Gasteiger partial charge on any atom is -0.486 e. The highest BCUT2D eigenvalue weighted by Crippen LogP contribution is 2.29. The lowest BCUT2D eigenvalue weighted by atomic mass is 10.1. The molecule has 0 fully saturated rings. The lowest BCUT2D eigenvalue weighted by molar-refractivity contribution is 0.101. The molecule has 0 saturated carbocycles. The monoisotopic (exact) mass is 767 g/mol. The molecule has 7 rings (SSSR count). The van der Waals surface area contributed by atoms with E-state index in [4.69, 9.17) is 65.8 Å². The minimum atomic E-state index is -0.407. The molecule has 2 aromatic heterocycles. The summed E-state index contributed by atoms with van der Waals surface area (Å²) in [4.78, 5) is 40.9. The van der Waals surface area contributed by atoms with Crippen LogP contribution in [-0.4, -0.2) is 26.8 Å². The van der Waals surface area contributed by atoms with Gasteiger partial charge in [0, 0.05) is 23.0 Å². The number of hydrogen-bond donors (Lipinski definition) is 2. The number of ether oxygens (including phenoxy) is 2. The number of carbonyl (C=O) groups excluding carboxylic acids is 2. The number of benzene rings is 5. The van der Waals surface area contributed by atoms with E-state index in [1.807, 2.05) is 24.3 Å². The highest BCUT2D eigenvalue weighted by atomic mass is 35.5. The zero-order chi connectivity index (χ0) is 36.2. The highest BCUT2D eigenvalue weighted by Gasteiger charge is 2.18. The third-order valence-electron chi connectivity index (χ3n) is 7.89. The summed E-state index contributed by atoms with van der Waals surface area (Å²) in [5, 5.41) is 7.92. The van der Waals surface area contributed by atoms with Crippen molar-refractivity contribution in [2.45, 2.75) is 13.2 Å². The van der Waals surface area contributed by atoms with Crippen molar-refractivity contribution < 1.29 is 19.1 Å². The van der Waals surface area contributed by atoms with Crippen LogP contribution in [0.15, 0.2) is 115 Å². The molecular weight excluding hydrogens is 744 g/mol. The van der Waals surface area contributed by atoms with Gasteiger partial charge in [0.05, 0.1) is 47.8 Å². The standard InChI is InChI=1S/C39H25Cl4N5O4/c40-27-13-11-23(17-29(27)42)45-38(49)25-7-1-3-9-36(25)51-20-34-35(48-33-19-31-22(6-5-15-44-31)16-32(33)47-34)21-52-37-10-4-2-8-26(37)39(50)46-24-12-14-28(41)30(43)18-24/h1-19H,20-21H2,(H,45,49)(H,46,50). The van der Waals surface area contributed by atoms with Gasteiger partial charge in [0.25, 0.3) is 11.8 Å². The first kappa shape index (κ1) is 35.0. The van der Waals surface area contributed by atoms with E-state index >= 15 is 0 Å². The fraction of sp³-hybridized carbons (Fsp3) is 0.0513. The fourth-order valence-electron chi connectivity index (χ4n) is 5.32. The predicted octanol–water partition coefficient (Wildman–Crippen LogP) is 10.5. The second-order valence-electron chi connectivity index (χ2n) is 11.4. The predicted molar refractivity (Wildman–Crippen MR) is 205 cm³/mol. The van der Waals surface area contributed by atoms with E-state index in [9.17, 15) is 9.59 Å². The Morgan fingerprint density at radius 2 is 1.04 bits per heavy atom. The van der Waals surface area contributed by atoms with E-state index in [-0.39, 0.29) is 18.8 Å². The molecule has 0 radical (unpaired) electrons. The summed E-state index contributed by atoms with van der Waals surface area (Å²) < 4.78 is 12.5. The molecule has 0 bridgehead atoms. The van der Waals surface area contributed by atoms with Crippen LogP contribution in [-0.2, 0) is 13.2 Å². The van der Waals surface area contributed by atoms with Crippen LogP contribution >= 0.6 is 46.4 Å². The Hall–Kier alpha value is -5.45. The van der Waals surface area contributed by atoms with Crippen LogP contribution in [0.25, 0.3) is 21.9 Å². The smallest absolute Gasteiger partial charge is 0.259 e. The van der Waals surface area contributed by atoms with Crippen molar-refractivity contribution in [2.75, 3.05) is 10.6 Å². The Kier molecular flexibility index (Phi) is 10.4. The van der Waals surface area contributed by atoms with Crippen LogP contribution in [0.3, 0.4) is 0 Å². The molecule has 2 heterocycles. The van der Waals surface area contributed by atoms with E-state index in [0.29, 0.717) is 70.9 Å². The molecule has 0 unspecified atom stereocenters. The lowest BCUT2D eigenvalue weighted by Crippen LogP contribution is -2.15. The number of pyridine rings is 1. The maximum absolute atomic E-state index is 13.3. The molecule has 0 aliphatic heterocycles. The van der Waals surface area contributed by atoms with E-state index in [2.05, 4.69) is 15.6 Å². The number of halogens is 4. The maximum Gasteiger partial charge on any atom is 0.259 e. The summed E-state index contributed by atoms with van der Waals surface area (Å²) in [6.07, 6.45) is 1.71. The van der Waals surface area contributed by atoms with Gasteiger partial charge < -0.3 is 20.1 Å². The van der Waals surface area contributed by atoms with Gasteiger partial charge in [-0.3, -0.25) is 14.6 Å². The number of para-hydroxylation sites is 2. The first-order valence-corrected chi connectivity index (χ1v) is 17.2. The average Bonchev–Trinajstić information content (AvgIpc) is 3.15. The van der Waals surface area contributed by atoms with Crippen molar-refractivity contribution >= 4 is 91.5 Å². The molecule has 0 spiro atoms. The number of carbonyl (C=O) groups is 2. The summed E-state index contributed by atoms with van der Waals surface area (Å²) >= 11 is 24.4. The second-order valence-corrected chi connectivity index (χ2v) is 13.0. The Labute approximate surface area is 317 Å². The maximum atomic E-state index is 13.3. The lowest BCUT2D eigenvalue weighted by Gasteiger charge is -2.16. The van der Waals surface area contributed by atoms with Crippen LogP contribution in [0, 0.1) is 0 Å². The quantitative estimate of drug-likeness (QED) is 0.133. The molecule has 2 N–H and O–H groups in total. The van der Waals surface area contributed by atoms with Crippen LogP contribution in [0.1, 0.15) is 32.1 Å². The molecule has 0 aliphatic carbocycles. The van der Waals surface area contributed by atoms with E-state index in [0.717, 1.165) is 10.9 Å². The van der Waals surface area contributed by atoms with Gasteiger partial charge in [-0.05, 0) is 78.9 Å². The molecule has 0 saturated heterocycles. The van der Waals surface area contributed by atoms with Crippen LogP contribution in [0.4, 0.5) is 11.4 Å². The Balaban J connectivity index is 1.17. The molecule has 13 heteroatoms. The minimum absolute atomic E-state index is 0.0523. The molecule has 9 nitrogen and oxygen atoms in total. The normalized spacial score (nSPS) is 11.0. The second kappa shape index (κ2) is 15.4. The topological polar surface area (TPSA) is 115 Å². The highest BCUT2D eigenvalue weighted by molar-refractivity contribution is 6.42. The van der Waals surface area contributed by atoms with Crippen molar-refractivity contribution in [1.82, 2.24) is 15.0 Å². The Bertz CT molecular complexity index is 2330. The number of aromatic nitrogens is 3. The Morgan fingerprint density at radius 1 is 0.538 bits per heavy atom. The van der Waals surface area contributed by atoms with E-state index < -0.39 is 11.8 Å². The average molecular weight is 769 g/mol. The third kappa shape index (κ3) is 7.88. The molecule has 52 heavy (non-hydrogen) atoms. The third-order valence-corrected chi connectivity index (χ3v) is 9.37. The summed E-state index contributed by atoms with van der Waals surface area (Å²) in [7, 11) is 0. The Morgan fingerprint density at radius 3 is 1.56 bits per heavy atom. The van der Waals surface area contributed by atoms with Gasteiger partial charge in [-0.15, -0.1) is 0 Å². The van der Waals surface area contributed by atoms with Gasteiger partial charge in [0.1, 0.15) is 36.1 Å². The summed E-state index contributed by atoms with van der Waals surface area (Å²) in [6.45, 7) is -0.109. The number of nitrogens with zero attached hydrogens (tertiary/aromatic N) is 3. The van der Waals surface area contributed by atoms with Crippen molar-refractivity contribution in [2.24, 2.45) is 0 Å². The van der Waals surface area contributed by atoms with Crippen LogP contribution in [0.5, 0.6) is 11.5 Å². The number of fused-ring (bicyclic) bond motifs is 2. The number of anilines is 2. The van der Waals surface area contributed by atoms with Crippen molar-refractivity contribution in [3.63, 3.8) is 0 Å². The van der Waals surface area contributed by atoms with Gasteiger partial charge in [-0.1, -0.05) is 76.7 Å². The molecule has 2 amide bonds. The zero-order valence-electron chi connectivity index (χ0n) is 26.9. The van der Waals surface area contributed by atoms with Crippen molar-refractivity contribution in [3.05, 3.63) is 158 Å². The first-order chi connectivity index (χ1) is 25.2. The summed E-state index contributed by atoms with van der Waals surface area (Å²) in [5.74, 6) is -0.175. The fourth-order valence-corrected chi connectivity index (χ4v) is 5.92. The van der Waals surface area contributed by atoms with Gasteiger partial charge in [-0.2, -0.15) is 0 Å². The SMILES string of the molecule is O=C(Nc1ccc(Cl)c(Cl)c1)c1ccccc1OCc1nc2cc3cccnc3cc2nc1COc1ccccc1C(=O)Nc1ccc(Cl)c(Cl)c1. The van der Waals surface area contributed by atoms with Gasteiger partial charge in [0.15, 0.2) is 0 Å². The van der Waals surface area contributed by atoms with Crippen molar-refractivity contribution in [1.29, 1.82) is 0 Å². The number of hydrogen-bond acceptors (Lipinski definition) is 7. The zero-order valence-corrected chi connectivity index (χ0v) is 29.9. The summed E-state index contributed by atoms with van der Waals surface area (Å²) in [6, 6.07) is 30.9. The number of amides is 2. The van der Waals surface area contributed by atoms with Gasteiger partial charge in [0.2, 0.25) is 0 Å². The largest absolute Gasteiger partial charge is 0.486 e. The number of nitrogens with one attached hydrogen (secondary N) is 2. The van der Waals surface area contributed by atoms with E-state index in [1.54, 1.807) is 91.1 Å². The van der Waals surface area contributed by atoms with Gasteiger partial charge >= 0.3 is 0 Å². The molecular formula is C39H25Cl4N5O4. The molecule has 0 aliphatic rings. The summed E-state index contributed by atoms with van der Waals surface area (Å²) in [5.41, 5.74) is 4.43. The van der Waals surface area contributed by atoms with Crippen LogP contribution in [0.2, 0.25) is 20.1 Å². The molecule has 5 aromatic carbocycles. The molecule has 7 aromatic rings. The molecule has 0 atom stereocenters. The molecule has 258 valence electrons. The van der Waals surface area contributed by atoms with Gasteiger partial charge in [-0.25, -0.2) is 9.97 Å².